The number of benzene rings is 1. The summed E-state index contributed by atoms with van der Waals surface area (Å²) in [5.41, 5.74) is 0.132. The van der Waals surface area contributed by atoms with Gasteiger partial charge in [-0.15, -0.1) is 0 Å². The number of ether oxygens (including phenoxy) is 1. The quantitative estimate of drug-likeness (QED) is 0.807. The molecule has 134 valence electrons. The van der Waals surface area contributed by atoms with E-state index in [2.05, 4.69) is 9.97 Å². The van der Waals surface area contributed by atoms with Crippen LogP contribution >= 0.6 is 0 Å². The summed E-state index contributed by atoms with van der Waals surface area (Å²) in [6, 6.07) is 5.80. The summed E-state index contributed by atoms with van der Waals surface area (Å²) in [7, 11) is -3.68. The Kier molecular flexibility index (Phi) is 5.24. The zero-order valence-corrected chi connectivity index (χ0v) is 14.1. The van der Waals surface area contributed by atoms with Crippen LogP contribution in [0, 0.1) is 11.6 Å². The first-order chi connectivity index (χ1) is 11.9. The van der Waals surface area contributed by atoms with Crippen LogP contribution in [0.1, 0.15) is 18.4 Å². The molecule has 1 aromatic heterocycles. The number of nitrogens with zero attached hydrogens (tertiary/aromatic N) is 3. The van der Waals surface area contributed by atoms with Crippen LogP contribution in [0.2, 0.25) is 0 Å². The summed E-state index contributed by atoms with van der Waals surface area (Å²) in [6.45, 7) is 0.471. The first kappa shape index (κ1) is 17.7. The van der Waals surface area contributed by atoms with Crippen LogP contribution < -0.4 is 4.74 Å². The highest BCUT2D eigenvalue weighted by Crippen LogP contribution is 2.21. The first-order valence-corrected chi connectivity index (χ1v) is 9.40. The maximum Gasteiger partial charge on any atom is 0.316 e. The van der Waals surface area contributed by atoms with Gasteiger partial charge in [0, 0.05) is 12.1 Å². The SMILES string of the molecule is O=S(=O)(Cc1ccccc1F)N1CCCC(Oc2ncc(F)cn2)C1. The summed E-state index contributed by atoms with van der Waals surface area (Å²) in [4.78, 5) is 7.43. The lowest BCUT2D eigenvalue weighted by Crippen LogP contribution is -2.45. The van der Waals surface area contributed by atoms with Crippen molar-refractivity contribution >= 4 is 10.0 Å². The monoisotopic (exact) mass is 369 g/mol. The van der Waals surface area contributed by atoms with E-state index >= 15 is 0 Å². The number of aromatic nitrogens is 2. The van der Waals surface area contributed by atoms with Gasteiger partial charge in [0.1, 0.15) is 11.9 Å². The topological polar surface area (TPSA) is 72.4 Å². The molecule has 6 nitrogen and oxygen atoms in total. The number of hydrogen-bond acceptors (Lipinski definition) is 5. The first-order valence-electron chi connectivity index (χ1n) is 7.79. The normalized spacial score (nSPS) is 18.9. The van der Waals surface area contributed by atoms with E-state index in [4.69, 9.17) is 4.74 Å². The molecule has 0 aliphatic carbocycles. The van der Waals surface area contributed by atoms with Gasteiger partial charge in [0.2, 0.25) is 10.0 Å². The maximum atomic E-state index is 13.7. The van der Waals surface area contributed by atoms with E-state index in [1.807, 2.05) is 0 Å². The Hall–Kier alpha value is -2.13. The van der Waals surface area contributed by atoms with Crippen molar-refractivity contribution in [3.8, 4) is 6.01 Å². The molecule has 0 saturated carbocycles. The predicted molar refractivity (Wildman–Crippen MR) is 86.2 cm³/mol. The van der Waals surface area contributed by atoms with Gasteiger partial charge >= 0.3 is 6.01 Å². The molecule has 0 N–H and O–H groups in total. The molecule has 1 fully saturated rings. The van der Waals surface area contributed by atoms with Gasteiger partial charge in [-0.3, -0.25) is 0 Å². The Labute approximate surface area is 144 Å². The van der Waals surface area contributed by atoms with Gasteiger partial charge in [-0.1, -0.05) is 18.2 Å². The van der Waals surface area contributed by atoms with E-state index < -0.39 is 33.5 Å². The molecule has 0 spiro atoms. The molecule has 0 radical (unpaired) electrons. The van der Waals surface area contributed by atoms with Crippen molar-refractivity contribution in [1.29, 1.82) is 0 Å². The molecule has 0 amide bonds. The van der Waals surface area contributed by atoms with E-state index in [0.717, 1.165) is 12.4 Å². The molecule has 1 aromatic carbocycles. The van der Waals surface area contributed by atoms with Crippen LogP contribution in [0.5, 0.6) is 6.01 Å². The van der Waals surface area contributed by atoms with Crippen molar-refractivity contribution in [2.75, 3.05) is 13.1 Å². The fourth-order valence-corrected chi connectivity index (χ4v) is 4.28. The third-order valence-electron chi connectivity index (χ3n) is 3.90. The van der Waals surface area contributed by atoms with Gasteiger partial charge in [-0.05, 0) is 18.9 Å². The van der Waals surface area contributed by atoms with E-state index in [1.165, 1.54) is 22.5 Å². The second-order valence-corrected chi connectivity index (χ2v) is 7.74. The third-order valence-corrected chi connectivity index (χ3v) is 5.69. The number of rotatable bonds is 5. The molecule has 1 unspecified atom stereocenters. The Morgan fingerprint density at radius 2 is 1.92 bits per heavy atom. The number of hydrogen-bond donors (Lipinski definition) is 0. The minimum atomic E-state index is -3.68. The molecule has 1 aliphatic rings. The van der Waals surface area contributed by atoms with Crippen molar-refractivity contribution in [3.63, 3.8) is 0 Å². The van der Waals surface area contributed by atoms with Crippen LogP contribution in [0.3, 0.4) is 0 Å². The summed E-state index contributed by atoms with van der Waals surface area (Å²) < 4.78 is 58.5. The van der Waals surface area contributed by atoms with Crippen LogP contribution in [0.25, 0.3) is 0 Å². The van der Waals surface area contributed by atoms with Crippen LogP contribution in [0.4, 0.5) is 8.78 Å². The molecular weight excluding hydrogens is 352 g/mol. The zero-order valence-electron chi connectivity index (χ0n) is 13.3. The predicted octanol–water partition coefficient (Wildman–Crippen LogP) is 2.13. The van der Waals surface area contributed by atoms with Crippen molar-refractivity contribution in [2.45, 2.75) is 24.7 Å². The maximum absolute atomic E-state index is 13.7. The van der Waals surface area contributed by atoms with Gasteiger partial charge in [0.15, 0.2) is 5.82 Å². The van der Waals surface area contributed by atoms with Crippen LogP contribution in [0.15, 0.2) is 36.7 Å². The van der Waals surface area contributed by atoms with Crippen molar-refractivity contribution in [2.24, 2.45) is 0 Å². The number of halogens is 2. The Morgan fingerprint density at radius 1 is 1.20 bits per heavy atom. The second kappa shape index (κ2) is 7.40. The fraction of sp³-hybridized carbons (Fsp3) is 0.375. The van der Waals surface area contributed by atoms with E-state index in [1.54, 1.807) is 6.07 Å². The Morgan fingerprint density at radius 3 is 2.64 bits per heavy atom. The summed E-state index contributed by atoms with van der Waals surface area (Å²) in [6.07, 6.45) is 2.76. The average molecular weight is 369 g/mol. The van der Waals surface area contributed by atoms with Gasteiger partial charge in [-0.2, -0.15) is 4.31 Å². The second-order valence-electron chi connectivity index (χ2n) is 5.77. The van der Waals surface area contributed by atoms with Crippen LogP contribution in [-0.4, -0.2) is 41.9 Å². The third kappa shape index (κ3) is 4.49. The number of piperidine rings is 1. The Bertz CT molecular complexity index is 831. The highest BCUT2D eigenvalue weighted by Gasteiger charge is 2.31. The largest absolute Gasteiger partial charge is 0.459 e. The Balaban J connectivity index is 1.67. The molecule has 3 rings (SSSR count). The minimum absolute atomic E-state index is 0.000230. The lowest BCUT2D eigenvalue weighted by Gasteiger charge is -2.31. The molecular formula is C16H17F2N3O3S. The van der Waals surface area contributed by atoms with E-state index in [9.17, 15) is 17.2 Å². The lowest BCUT2D eigenvalue weighted by molar-refractivity contribution is 0.118. The van der Waals surface area contributed by atoms with Crippen molar-refractivity contribution in [1.82, 2.24) is 14.3 Å². The van der Waals surface area contributed by atoms with E-state index in [-0.39, 0.29) is 18.1 Å². The fourth-order valence-electron chi connectivity index (χ4n) is 2.67. The number of sulfonamides is 1. The van der Waals surface area contributed by atoms with Crippen molar-refractivity contribution < 1.29 is 21.9 Å². The summed E-state index contributed by atoms with van der Waals surface area (Å²) in [5, 5.41) is 0. The molecule has 25 heavy (non-hydrogen) atoms. The molecule has 2 aromatic rings. The van der Waals surface area contributed by atoms with Gasteiger partial charge in [0.25, 0.3) is 0 Å². The van der Waals surface area contributed by atoms with Gasteiger partial charge < -0.3 is 4.74 Å². The van der Waals surface area contributed by atoms with Crippen molar-refractivity contribution in [3.05, 3.63) is 53.9 Å². The summed E-state index contributed by atoms with van der Waals surface area (Å²) >= 11 is 0. The zero-order chi connectivity index (χ0) is 17.9. The highest BCUT2D eigenvalue weighted by molar-refractivity contribution is 7.88. The van der Waals surface area contributed by atoms with Gasteiger partial charge in [-0.25, -0.2) is 27.2 Å². The minimum Gasteiger partial charge on any atom is -0.459 e. The molecule has 9 heteroatoms. The molecule has 1 aliphatic heterocycles. The average Bonchev–Trinajstić information content (AvgIpc) is 2.59. The smallest absolute Gasteiger partial charge is 0.316 e. The highest BCUT2D eigenvalue weighted by atomic mass is 32.2. The molecule has 0 bridgehead atoms. The van der Waals surface area contributed by atoms with Gasteiger partial charge in [0.05, 0.1) is 24.7 Å². The molecule has 1 saturated heterocycles. The summed E-state index contributed by atoms with van der Waals surface area (Å²) in [5.74, 6) is -1.53. The molecule has 2 heterocycles. The van der Waals surface area contributed by atoms with Crippen LogP contribution in [-0.2, 0) is 15.8 Å². The standard InChI is InChI=1S/C16H17F2N3O3S/c17-13-8-19-16(20-9-13)24-14-5-3-7-21(10-14)25(22,23)11-12-4-1-2-6-15(12)18/h1-2,4,6,8-9,14H,3,5,7,10-11H2. The van der Waals surface area contributed by atoms with E-state index in [0.29, 0.717) is 19.4 Å². The molecule has 1 atom stereocenters. The lowest BCUT2D eigenvalue weighted by atomic mass is 10.1.